The Kier molecular flexibility index (Phi) is 2.99. The highest BCUT2D eigenvalue weighted by molar-refractivity contribution is 14.1. The van der Waals surface area contributed by atoms with E-state index in [1.54, 1.807) is 6.07 Å². The van der Waals surface area contributed by atoms with Gasteiger partial charge in [-0.05, 0) is 52.9 Å². The molecule has 5 heteroatoms. The molecule has 90 valence electrons. The first-order valence-electron chi connectivity index (χ1n) is 5.24. The lowest BCUT2D eigenvalue weighted by atomic mass is 10.2. The lowest BCUT2D eigenvalue weighted by molar-refractivity contribution is 0.629. The smallest absolute Gasteiger partial charge is 0.138 e. The molecular formula is C13H7ClFIN2. The van der Waals surface area contributed by atoms with E-state index in [1.165, 1.54) is 12.1 Å². The molecule has 0 aliphatic heterocycles. The molecule has 3 aromatic rings. The molecule has 0 saturated carbocycles. The van der Waals surface area contributed by atoms with Crippen LogP contribution in [0.25, 0.3) is 22.4 Å². The summed E-state index contributed by atoms with van der Waals surface area (Å²) in [6, 6.07) is 10.2. The minimum atomic E-state index is -0.279. The predicted octanol–water partition coefficient (Wildman–Crippen LogP) is 4.63. The first-order chi connectivity index (χ1) is 8.63. The van der Waals surface area contributed by atoms with Gasteiger partial charge in [-0.1, -0.05) is 17.7 Å². The molecule has 3 rings (SSSR count). The van der Waals surface area contributed by atoms with E-state index in [9.17, 15) is 4.39 Å². The van der Waals surface area contributed by atoms with Gasteiger partial charge in [-0.15, -0.1) is 0 Å². The first kappa shape index (κ1) is 11.9. The fraction of sp³-hybridized carbons (Fsp3) is 0. The first-order valence-corrected chi connectivity index (χ1v) is 6.70. The standard InChI is InChI=1S/C13H7ClFIN2/c14-9-5-7(1-3-10(9)16)13-17-11-4-2-8(15)6-12(11)18-13/h1-6H,(H,17,18). The van der Waals surface area contributed by atoms with Gasteiger partial charge in [-0.2, -0.15) is 0 Å². The quantitative estimate of drug-likeness (QED) is 0.620. The molecule has 18 heavy (non-hydrogen) atoms. The minimum absolute atomic E-state index is 0.279. The lowest BCUT2D eigenvalue weighted by Gasteiger charge is -1.99. The molecule has 2 aromatic carbocycles. The van der Waals surface area contributed by atoms with Crippen LogP contribution < -0.4 is 0 Å². The molecule has 0 aliphatic carbocycles. The Balaban J connectivity index is 2.16. The third-order valence-corrected chi connectivity index (χ3v) is 4.21. The van der Waals surface area contributed by atoms with Crippen LogP contribution in [-0.2, 0) is 0 Å². The van der Waals surface area contributed by atoms with Crippen molar-refractivity contribution < 1.29 is 4.39 Å². The second-order valence-corrected chi connectivity index (χ2v) is 5.45. The van der Waals surface area contributed by atoms with Crippen molar-refractivity contribution in [3.05, 3.63) is 50.8 Å². The molecular weight excluding hydrogens is 366 g/mol. The number of halogens is 3. The number of rotatable bonds is 1. The molecule has 0 fully saturated rings. The highest BCUT2D eigenvalue weighted by Gasteiger charge is 2.07. The third kappa shape index (κ3) is 2.10. The van der Waals surface area contributed by atoms with Crippen LogP contribution in [0.2, 0.25) is 5.02 Å². The normalized spacial score (nSPS) is 11.1. The van der Waals surface area contributed by atoms with Crippen molar-refractivity contribution in [2.75, 3.05) is 0 Å². The average molecular weight is 373 g/mol. The van der Waals surface area contributed by atoms with Gasteiger partial charge in [0.25, 0.3) is 0 Å². The maximum Gasteiger partial charge on any atom is 0.138 e. The van der Waals surface area contributed by atoms with Crippen molar-refractivity contribution in [1.82, 2.24) is 9.97 Å². The highest BCUT2D eigenvalue weighted by atomic mass is 127. The van der Waals surface area contributed by atoms with E-state index in [4.69, 9.17) is 11.6 Å². The van der Waals surface area contributed by atoms with Crippen LogP contribution in [0.1, 0.15) is 0 Å². The van der Waals surface area contributed by atoms with Gasteiger partial charge in [0.05, 0.1) is 16.1 Å². The zero-order valence-electron chi connectivity index (χ0n) is 9.05. The second kappa shape index (κ2) is 4.51. The number of benzene rings is 2. The van der Waals surface area contributed by atoms with Gasteiger partial charge in [0.1, 0.15) is 11.6 Å². The minimum Gasteiger partial charge on any atom is -0.338 e. The molecule has 1 aromatic heterocycles. The number of fused-ring (bicyclic) bond motifs is 1. The second-order valence-electron chi connectivity index (χ2n) is 3.88. The molecule has 1 N–H and O–H groups in total. The Labute approximate surface area is 121 Å². The van der Waals surface area contributed by atoms with Gasteiger partial charge in [0.15, 0.2) is 0 Å². The number of H-pyrrole nitrogens is 1. The van der Waals surface area contributed by atoms with Gasteiger partial charge in [0, 0.05) is 9.13 Å². The maximum atomic E-state index is 13.1. The van der Waals surface area contributed by atoms with Crippen molar-refractivity contribution >= 4 is 45.2 Å². The number of nitrogens with one attached hydrogen (secondary N) is 1. The van der Waals surface area contributed by atoms with Crippen LogP contribution in [0.3, 0.4) is 0 Å². The van der Waals surface area contributed by atoms with E-state index in [0.29, 0.717) is 16.4 Å². The van der Waals surface area contributed by atoms with Gasteiger partial charge in [-0.25, -0.2) is 9.37 Å². The average Bonchev–Trinajstić information content (AvgIpc) is 2.75. The zero-order valence-corrected chi connectivity index (χ0v) is 12.0. The maximum absolute atomic E-state index is 13.1. The topological polar surface area (TPSA) is 28.7 Å². The summed E-state index contributed by atoms with van der Waals surface area (Å²) in [5.41, 5.74) is 2.30. The van der Waals surface area contributed by atoms with Crippen molar-refractivity contribution in [2.45, 2.75) is 0 Å². The number of hydrogen-bond donors (Lipinski definition) is 1. The number of hydrogen-bond acceptors (Lipinski definition) is 1. The summed E-state index contributed by atoms with van der Waals surface area (Å²) < 4.78 is 14.1. The monoisotopic (exact) mass is 372 g/mol. The van der Waals surface area contributed by atoms with Crippen LogP contribution in [0, 0.1) is 9.39 Å². The van der Waals surface area contributed by atoms with Crippen LogP contribution in [0.5, 0.6) is 0 Å². The molecule has 0 spiro atoms. The van der Waals surface area contributed by atoms with E-state index in [-0.39, 0.29) is 5.82 Å². The Morgan fingerprint density at radius 2 is 2.00 bits per heavy atom. The van der Waals surface area contributed by atoms with Crippen molar-refractivity contribution in [3.8, 4) is 11.4 Å². The molecule has 0 aliphatic rings. The van der Waals surface area contributed by atoms with Gasteiger partial charge in [-0.3, -0.25) is 0 Å². The fourth-order valence-corrected chi connectivity index (χ4v) is 2.28. The van der Waals surface area contributed by atoms with Crippen LogP contribution in [-0.4, -0.2) is 9.97 Å². The summed E-state index contributed by atoms with van der Waals surface area (Å²) in [6.07, 6.45) is 0. The summed E-state index contributed by atoms with van der Waals surface area (Å²) in [6.45, 7) is 0. The molecule has 0 radical (unpaired) electrons. The van der Waals surface area contributed by atoms with Crippen LogP contribution in [0.15, 0.2) is 36.4 Å². The fourth-order valence-electron chi connectivity index (χ4n) is 1.76. The summed E-state index contributed by atoms with van der Waals surface area (Å²) in [5, 5.41) is 0.680. The molecule has 0 atom stereocenters. The van der Waals surface area contributed by atoms with E-state index < -0.39 is 0 Å². The Morgan fingerprint density at radius 3 is 2.78 bits per heavy atom. The molecule has 1 heterocycles. The molecule has 0 saturated heterocycles. The largest absolute Gasteiger partial charge is 0.338 e. The number of aromatic nitrogens is 2. The Morgan fingerprint density at radius 1 is 1.17 bits per heavy atom. The number of aromatic amines is 1. The van der Waals surface area contributed by atoms with Crippen molar-refractivity contribution in [3.63, 3.8) is 0 Å². The summed E-state index contributed by atoms with van der Waals surface area (Å²) in [7, 11) is 0. The highest BCUT2D eigenvalue weighted by Crippen LogP contribution is 2.26. The van der Waals surface area contributed by atoms with Crippen LogP contribution >= 0.6 is 34.2 Å². The molecule has 0 amide bonds. The predicted molar refractivity (Wildman–Crippen MR) is 79.2 cm³/mol. The zero-order chi connectivity index (χ0) is 12.7. The molecule has 2 nitrogen and oxygen atoms in total. The SMILES string of the molecule is Fc1ccc2nc(-c3ccc(I)c(Cl)c3)[nH]c2c1. The Bertz CT molecular complexity index is 739. The van der Waals surface area contributed by atoms with Crippen molar-refractivity contribution in [1.29, 1.82) is 0 Å². The van der Waals surface area contributed by atoms with Crippen LogP contribution in [0.4, 0.5) is 4.39 Å². The number of imidazole rings is 1. The van der Waals surface area contributed by atoms with Crippen molar-refractivity contribution in [2.24, 2.45) is 0 Å². The molecule has 0 unspecified atom stereocenters. The lowest BCUT2D eigenvalue weighted by Crippen LogP contribution is -1.82. The van der Waals surface area contributed by atoms with Gasteiger partial charge >= 0.3 is 0 Å². The van der Waals surface area contributed by atoms with E-state index in [0.717, 1.165) is 14.7 Å². The van der Waals surface area contributed by atoms with Gasteiger partial charge < -0.3 is 4.98 Å². The van der Waals surface area contributed by atoms with Gasteiger partial charge in [0.2, 0.25) is 0 Å². The summed E-state index contributed by atoms with van der Waals surface area (Å²) in [4.78, 5) is 7.50. The number of nitrogens with zero attached hydrogens (tertiary/aromatic N) is 1. The third-order valence-electron chi connectivity index (χ3n) is 2.64. The summed E-state index contributed by atoms with van der Waals surface area (Å²) >= 11 is 8.25. The Hall–Kier alpha value is -1.14. The van der Waals surface area contributed by atoms with E-state index in [2.05, 4.69) is 32.6 Å². The molecule has 0 bridgehead atoms. The van der Waals surface area contributed by atoms with E-state index in [1.807, 2.05) is 18.2 Å². The summed E-state index contributed by atoms with van der Waals surface area (Å²) in [5.74, 6) is 0.409. The van der Waals surface area contributed by atoms with E-state index >= 15 is 0 Å².